The maximum atomic E-state index is 13.6. The molecule has 1 aliphatic carbocycles. The molecule has 4 aromatic heterocycles. The summed E-state index contributed by atoms with van der Waals surface area (Å²) in [5.74, 6) is 0.913. The molecule has 0 spiro atoms. The number of benzene rings is 2. The van der Waals surface area contributed by atoms with Crippen LogP contribution in [0.25, 0.3) is 34.1 Å². The van der Waals surface area contributed by atoms with E-state index in [0.29, 0.717) is 39.8 Å². The number of nitrogen functional groups attached to an aromatic ring is 1. The number of anilines is 1. The van der Waals surface area contributed by atoms with Gasteiger partial charge < -0.3 is 11.1 Å². The third-order valence-electron chi connectivity index (χ3n) is 7.16. The van der Waals surface area contributed by atoms with Crippen molar-refractivity contribution in [2.45, 2.75) is 18.9 Å². The Morgan fingerprint density at radius 1 is 1.00 bits per heavy atom. The zero-order valence-corrected chi connectivity index (χ0v) is 21.2. The summed E-state index contributed by atoms with van der Waals surface area (Å²) in [4.78, 5) is 26.9. The average molecular weight is 531 g/mol. The van der Waals surface area contributed by atoms with Crippen LogP contribution in [0.15, 0.2) is 91.4 Å². The molecule has 40 heavy (non-hydrogen) atoms. The van der Waals surface area contributed by atoms with E-state index >= 15 is 0 Å². The quantitative estimate of drug-likeness (QED) is 0.331. The molecule has 9 nitrogen and oxygen atoms in total. The number of hydrogen-bond donors (Lipinski definition) is 2. The molecule has 1 amide bonds. The molecule has 1 aliphatic rings. The largest absolute Gasteiger partial charge is 0.383 e. The second kappa shape index (κ2) is 9.42. The Kier molecular flexibility index (Phi) is 5.59. The number of hydrogen-bond acceptors (Lipinski definition) is 6. The molecular weight excluding hydrogens is 507 g/mol. The van der Waals surface area contributed by atoms with Gasteiger partial charge in [-0.05, 0) is 84.6 Å². The number of aromatic nitrogens is 6. The number of amides is 1. The van der Waals surface area contributed by atoms with Crippen molar-refractivity contribution in [3.63, 3.8) is 0 Å². The summed E-state index contributed by atoms with van der Waals surface area (Å²) < 4.78 is 17.3. The van der Waals surface area contributed by atoms with Gasteiger partial charge in [0, 0.05) is 29.8 Å². The first kappa shape index (κ1) is 23.7. The van der Waals surface area contributed by atoms with E-state index in [1.54, 1.807) is 23.1 Å². The van der Waals surface area contributed by atoms with Crippen LogP contribution in [0.2, 0.25) is 0 Å². The summed E-state index contributed by atoms with van der Waals surface area (Å²) in [5, 5.41) is 7.38. The Bertz CT molecular complexity index is 1900. The van der Waals surface area contributed by atoms with Crippen molar-refractivity contribution >= 4 is 22.9 Å². The second-order valence-corrected chi connectivity index (χ2v) is 9.63. The summed E-state index contributed by atoms with van der Waals surface area (Å²) in [5.41, 5.74) is 11.6. The number of aryl methyl sites for hydroxylation is 1. The second-order valence-electron chi connectivity index (χ2n) is 9.63. The smallest absolute Gasteiger partial charge is 0.251 e. The fourth-order valence-electron chi connectivity index (χ4n) is 5.28. The molecule has 0 unspecified atom stereocenters. The maximum absolute atomic E-state index is 13.6. The average Bonchev–Trinajstić information content (AvgIpc) is 3.72. The number of carbonyl (C=O) groups excluding carboxylic acids is 1. The molecule has 196 valence electrons. The topological polar surface area (TPSA) is 117 Å². The highest BCUT2D eigenvalue weighted by Crippen LogP contribution is 2.36. The monoisotopic (exact) mass is 530 g/mol. The van der Waals surface area contributed by atoms with Crippen molar-refractivity contribution in [3.05, 3.63) is 114 Å². The molecule has 0 fully saturated rings. The molecule has 2 aromatic carbocycles. The summed E-state index contributed by atoms with van der Waals surface area (Å²) in [6.07, 6.45) is 6.71. The molecule has 4 heterocycles. The predicted octanol–water partition coefficient (Wildman–Crippen LogP) is 4.81. The van der Waals surface area contributed by atoms with Gasteiger partial charge in [-0.1, -0.05) is 12.1 Å². The first-order valence-electron chi connectivity index (χ1n) is 12.9. The van der Waals surface area contributed by atoms with Crippen LogP contribution >= 0.6 is 0 Å². The molecule has 6 aromatic rings. The van der Waals surface area contributed by atoms with Gasteiger partial charge in [0.1, 0.15) is 17.2 Å². The highest BCUT2D eigenvalue weighted by atomic mass is 19.1. The standard InChI is InChI=1S/C30H23FN8O/c31-20-5-1-4-19(16-20)30(40)36-24-10-7-18-17-21(8-9-22(18)24)39-28(23-6-2-13-33-27(23)32)35-25-11-12-26(37-29(25)39)38-15-3-14-34-38/h1-6,8-9,11-17,24H,7,10H2,(H2,32,33)(H,36,40)/t24-/m0/s1. The fraction of sp³-hybridized carbons (Fsp3) is 0.100. The number of nitrogens with zero attached hydrogens (tertiary/aromatic N) is 6. The number of carbonyl (C=O) groups is 1. The van der Waals surface area contributed by atoms with E-state index in [0.717, 1.165) is 29.7 Å². The van der Waals surface area contributed by atoms with Gasteiger partial charge in [0.2, 0.25) is 0 Å². The number of pyridine rings is 2. The van der Waals surface area contributed by atoms with Crippen molar-refractivity contribution in [1.82, 2.24) is 34.6 Å². The first-order chi connectivity index (χ1) is 19.5. The van der Waals surface area contributed by atoms with Gasteiger partial charge >= 0.3 is 0 Å². The minimum absolute atomic E-state index is 0.169. The molecule has 0 saturated carbocycles. The Hall–Kier alpha value is -5.38. The summed E-state index contributed by atoms with van der Waals surface area (Å²) in [7, 11) is 0. The van der Waals surface area contributed by atoms with Crippen molar-refractivity contribution in [2.75, 3.05) is 5.73 Å². The number of halogens is 1. The molecule has 0 saturated heterocycles. The highest BCUT2D eigenvalue weighted by Gasteiger charge is 2.26. The lowest BCUT2D eigenvalue weighted by Crippen LogP contribution is -2.27. The van der Waals surface area contributed by atoms with Crippen molar-refractivity contribution < 1.29 is 9.18 Å². The van der Waals surface area contributed by atoms with Gasteiger partial charge in [-0.25, -0.2) is 24.0 Å². The van der Waals surface area contributed by atoms with Gasteiger partial charge in [0.15, 0.2) is 17.3 Å². The Labute approximate surface area is 228 Å². The van der Waals surface area contributed by atoms with E-state index in [1.807, 2.05) is 53.2 Å². The molecule has 10 heteroatoms. The van der Waals surface area contributed by atoms with Crippen LogP contribution in [-0.4, -0.2) is 35.2 Å². The molecule has 7 rings (SSSR count). The van der Waals surface area contributed by atoms with Crippen LogP contribution < -0.4 is 11.1 Å². The number of nitrogens with two attached hydrogens (primary N) is 1. The van der Waals surface area contributed by atoms with Crippen molar-refractivity contribution in [3.8, 4) is 22.9 Å². The van der Waals surface area contributed by atoms with E-state index in [-0.39, 0.29) is 11.9 Å². The number of imidazole rings is 1. The maximum Gasteiger partial charge on any atom is 0.251 e. The third-order valence-corrected chi connectivity index (χ3v) is 7.16. The number of rotatable bonds is 5. The van der Waals surface area contributed by atoms with Gasteiger partial charge in [0.05, 0.1) is 11.6 Å². The number of fused-ring (bicyclic) bond motifs is 2. The molecule has 0 bridgehead atoms. The predicted molar refractivity (Wildman–Crippen MR) is 149 cm³/mol. The fourth-order valence-corrected chi connectivity index (χ4v) is 5.28. The Morgan fingerprint density at radius 3 is 2.75 bits per heavy atom. The van der Waals surface area contributed by atoms with E-state index in [4.69, 9.17) is 15.7 Å². The van der Waals surface area contributed by atoms with Crippen LogP contribution in [0.4, 0.5) is 10.2 Å². The van der Waals surface area contributed by atoms with Crippen LogP contribution in [-0.2, 0) is 6.42 Å². The van der Waals surface area contributed by atoms with Crippen molar-refractivity contribution in [2.24, 2.45) is 0 Å². The summed E-state index contributed by atoms with van der Waals surface area (Å²) >= 11 is 0. The van der Waals surface area contributed by atoms with Gasteiger partial charge in [-0.15, -0.1) is 0 Å². The lowest BCUT2D eigenvalue weighted by Gasteiger charge is -2.16. The molecule has 0 radical (unpaired) electrons. The van der Waals surface area contributed by atoms with Crippen LogP contribution in [0, 0.1) is 5.82 Å². The SMILES string of the molecule is Nc1ncccc1-c1nc2ccc(-n3cccn3)nc2n1-c1ccc2c(c1)CC[C@@H]2NC(=O)c1cccc(F)c1. The molecule has 3 N–H and O–H groups in total. The third kappa shape index (κ3) is 4.06. The molecular formula is C30H23FN8O. The van der Waals surface area contributed by atoms with E-state index < -0.39 is 5.82 Å². The van der Waals surface area contributed by atoms with E-state index in [2.05, 4.69) is 21.5 Å². The zero-order chi connectivity index (χ0) is 27.2. The van der Waals surface area contributed by atoms with E-state index in [1.165, 1.54) is 18.2 Å². The van der Waals surface area contributed by atoms with Crippen LogP contribution in [0.5, 0.6) is 0 Å². The van der Waals surface area contributed by atoms with Gasteiger partial charge in [-0.2, -0.15) is 5.10 Å². The zero-order valence-electron chi connectivity index (χ0n) is 21.2. The Morgan fingerprint density at radius 2 is 1.93 bits per heavy atom. The minimum atomic E-state index is -0.439. The Balaban J connectivity index is 1.31. The van der Waals surface area contributed by atoms with E-state index in [9.17, 15) is 9.18 Å². The molecule has 1 atom stereocenters. The number of nitrogens with one attached hydrogen (secondary N) is 1. The lowest BCUT2D eigenvalue weighted by molar-refractivity contribution is 0.0936. The van der Waals surface area contributed by atoms with Crippen LogP contribution in [0.1, 0.15) is 33.9 Å². The first-order valence-corrected chi connectivity index (χ1v) is 12.9. The van der Waals surface area contributed by atoms with Gasteiger partial charge in [-0.3, -0.25) is 9.36 Å². The van der Waals surface area contributed by atoms with Crippen LogP contribution in [0.3, 0.4) is 0 Å². The summed E-state index contributed by atoms with van der Waals surface area (Å²) in [6, 6.07) is 21.0. The highest BCUT2D eigenvalue weighted by molar-refractivity contribution is 5.94. The minimum Gasteiger partial charge on any atom is -0.383 e. The summed E-state index contributed by atoms with van der Waals surface area (Å²) in [6.45, 7) is 0. The van der Waals surface area contributed by atoms with Gasteiger partial charge in [0.25, 0.3) is 5.91 Å². The lowest BCUT2D eigenvalue weighted by atomic mass is 10.1. The normalized spacial score (nSPS) is 14.4. The molecule has 0 aliphatic heterocycles. The van der Waals surface area contributed by atoms with Crippen molar-refractivity contribution in [1.29, 1.82) is 0 Å².